The fourth-order valence-corrected chi connectivity index (χ4v) is 4.15. The van der Waals surface area contributed by atoms with E-state index in [4.69, 9.17) is 5.26 Å². The summed E-state index contributed by atoms with van der Waals surface area (Å²) in [7, 11) is 0. The molecule has 4 heteroatoms. The van der Waals surface area contributed by atoms with Gasteiger partial charge in [0, 0.05) is 24.7 Å². The van der Waals surface area contributed by atoms with Crippen molar-refractivity contribution in [2.75, 3.05) is 13.1 Å². The first-order valence-electron chi connectivity index (χ1n) is 9.49. The molecule has 0 radical (unpaired) electrons. The van der Waals surface area contributed by atoms with Crippen LogP contribution in [0.5, 0.6) is 0 Å². The molecule has 28 heavy (non-hydrogen) atoms. The topological polar surface area (TPSA) is 57.0 Å². The van der Waals surface area contributed by atoms with Gasteiger partial charge in [-0.3, -0.25) is 4.79 Å². The number of rotatable bonds is 3. The zero-order valence-corrected chi connectivity index (χ0v) is 15.6. The van der Waals surface area contributed by atoms with E-state index >= 15 is 0 Å². The van der Waals surface area contributed by atoms with E-state index in [1.807, 2.05) is 23.1 Å². The number of amides is 1. The van der Waals surface area contributed by atoms with Gasteiger partial charge in [0.2, 0.25) is 0 Å². The Morgan fingerprint density at radius 2 is 1.61 bits per heavy atom. The summed E-state index contributed by atoms with van der Waals surface area (Å²) in [6, 6.07) is 26.2. The predicted molar refractivity (Wildman–Crippen MR) is 108 cm³/mol. The molecule has 4 rings (SSSR count). The molecule has 0 aliphatic carbocycles. The van der Waals surface area contributed by atoms with Gasteiger partial charge >= 0.3 is 0 Å². The number of nitriles is 1. The minimum absolute atomic E-state index is 0.0343. The Labute approximate surface area is 165 Å². The van der Waals surface area contributed by atoms with Gasteiger partial charge in [-0.15, -0.1) is 0 Å². The number of carbonyl (C=O) groups is 1. The van der Waals surface area contributed by atoms with Crippen molar-refractivity contribution < 1.29 is 4.79 Å². The molecule has 1 saturated heterocycles. The molecule has 138 valence electrons. The molecule has 1 aromatic heterocycles. The second-order valence-electron chi connectivity index (χ2n) is 7.19. The van der Waals surface area contributed by atoms with Crippen LogP contribution in [0.25, 0.3) is 0 Å². The molecule has 4 nitrogen and oxygen atoms in total. The Morgan fingerprint density at radius 3 is 2.14 bits per heavy atom. The molecule has 0 saturated carbocycles. The second kappa shape index (κ2) is 7.66. The predicted octanol–water partition coefficient (Wildman–Crippen LogP) is 4.18. The minimum atomic E-state index is -0.226. The molecule has 0 unspecified atom stereocenters. The van der Waals surface area contributed by atoms with Crippen molar-refractivity contribution in [1.29, 1.82) is 5.26 Å². The third-order valence-corrected chi connectivity index (χ3v) is 5.56. The first-order valence-corrected chi connectivity index (χ1v) is 9.49. The number of hydrogen-bond acceptors (Lipinski definition) is 3. The average molecular weight is 367 g/mol. The fourth-order valence-electron chi connectivity index (χ4n) is 4.15. The number of benzene rings is 2. The molecular weight excluding hydrogens is 346 g/mol. The third-order valence-electron chi connectivity index (χ3n) is 5.56. The molecule has 3 aromatic rings. The SMILES string of the molecule is N#Cc1ccc(C(=O)N2CCCC(c3ccccc3)(c3ccccc3)C2)cn1. The van der Waals surface area contributed by atoms with Gasteiger partial charge in [-0.2, -0.15) is 5.26 Å². The number of pyridine rings is 1. The van der Waals surface area contributed by atoms with Crippen molar-refractivity contribution in [1.82, 2.24) is 9.88 Å². The minimum Gasteiger partial charge on any atom is -0.337 e. The van der Waals surface area contributed by atoms with Gasteiger partial charge in [0.1, 0.15) is 11.8 Å². The fraction of sp³-hybridized carbons (Fsp3) is 0.208. The van der Waals surface area contributed by atoms with Gasteiger partial charge in [0.15, 0.2) is 0 Å². The highest BCUT2D eigenvalue weighted by Gasteiger charge is 2.40. The molecule has 0 spiro atoms. The summed E-state index contributed by atoms with van der Waals surface area (Å²) in [6.07, 6.45) is 3.43. The molecular formula is C24H21N3O. The first kappa shape index (κ1) is 17.9. The van der Waals surface area contributed by atoms with Gasteiger partial charge < -0.3 is 4.90 Å². The molecule has 1 fully saturated rings. The molecule has 1 aliphatic rings. The summed E-state index contributed by atoms with van der Waals surface area (Å²) >= 11 is 0. The highest BCUT2D eigenvalue weighted by molar-refractivity contribution is 5.94. The van der Waals surface area contributed by atoms with Crippen LogP contribution in [0.3, 0.4) is 0 Å². The van der Waals surface area contributed by atoms with Gasteiger partial charge in [-0.05, 0) is 36.1 Å². The van der Waals surface area contributed by atoms with Gasteiger partial charge in [-0.1, -0.05) is 60.7 Å². The highest BCUT2D eigenvalue weighted by atomic mass is 16.2. The smallest absolute Gasteiger partial charge is 0.255 e. The maximum absolute atomic E-state index is 13.2. The number of aromatic nitrogens is 1. The Hall–Kier alpha value is -3.45. The molecule has 0 N–H and O–H groups in total. The molecule has 2 aromatic carbocycles. The third kappa shape index (κ3) is 3.27. The van der Waals surface area contributed by atoms with E-state index in [9.17, 15) is 4.79 Å². The summed E-state index contributed by atoms with van der Waals surface area (Å²) in [6.45, 7) is 1.35. The van der Waals surface area contributed by atoms with E-state index < -0.39 is 0 Å². The number of carbonyl (C=O) groups excluding carboxylic acids is 1. The first-order chi connectivity index (χ1) is 13.7. The van der Waals surface area contributed by atoms with Crippen LogP contribution in [0.15, 0.2) is 79.0 Å². The lowest BCUT2D eigenvalue weighted by atomic mass is 9.69. The number of hydrogen-bond donors (Lipinski definition) is 0. The van der Waals surface area contributed by atoms with Crippen molar-refractivity contribution in [3.8, 4) is 6.07 Å². The van der Waals surface area contributed by atoms with E-state index in [-0.39, 0.29) is 11.3 Å². The van der Waals surface area contributed by atoms with Crippen molar-refractivity contribution in [3.05, 3.63) is 101 Å². The van der Waals surface area contributed by atoms with Crippen LogP contribution in [0.1, 0.15) is 40.0 Å². The average Bonchev–Trinajstić information content (AvgIpc) is 2.80. The molecule has 2 heterocycles. The normalized spacial score (nSPS) is 15.6. The number of nitrogens with zero attached hydrogens (tertiary/aromatic N) is 3. The Kier molecular flexibility index (Phi) is 4.90. The maximum Gasteiger partial charge on any atom is 0.255 e. The van der Waals surface area contributed by atoms with Crippen molar-refractivity contribution in [2.24, 2.45) is 0 Å². The lowest BCUT2D eigenvalue weighted by molar-refractivity contribution is 0.0666. The zero-order chi connectivity index (χ0) is 19.4. The summed E-state index contributed by atoms with van der Waals surface area (Å²) < 4.78 is 0. The van der Waals surface area contributed by atoms with Crippen LogP contribution < -0.4 is 0 Å². The van der Waals surface area contributed by atoms with Crippen LogP contribution >= 0.6 is 0 Å². The van der Waals surface area contributed by atoms with Crippen molar-refractivity contribution >= 4 is 5.91 Å². The number of likely N-dealkylation sites (tertiary alicyclic amines) is 1. The van der Waals surface area contributed by atoms with Crippen LogP contribution in [-0.2, 0) is 5.41 Å². The van der Waals surface area contributed by atoms with Gasteiger partial charge in [0.25, 0.3) is 5.91 Å². The Bertz CT molecular complexity index is 952. The molecule has 1 aliphatic heterocycles. The van der Waals surface area contributed by atoms with Gasteiger partial charge in [0.05, 0.1) is 5.56 Å². The van der Waals surface area contributed by atoms with Crippen LogP contribution in [0.4, 0.5) is 0 Å². The largest absolute Gasteiger partial charge is 0.337 e. The monoisotopic (exact) mass is 367 g/mol. The zero-order valence-electron chi connectivity index (χ0n) is 15.6. The number of piperidine rings is 1. The quantitative estimate of drug-likeness (QED) is 0.698. The van der Waals surface area contributed by atoms with E-state index in [1.165, 1.54) is 17.3 Å². The van der Waals surface area contributed by atoms with Crippen LogP contribution in [0.2, 0.25) is 0 Å². The maximum atomic E-state index is 13.2. The van der Waals surface area contributed by atoms with E-state index in [0.717, 1.165) is 19.4 Å². The van der Waals surface area contributed by atoms with Crippen LogP contribution in [0, 0.1) is 11.3 Å². The summed E-state index contributed by atoms with van der Waals surface area (Å²) in [4.78, 5) is 19.1. The summed E-state index contributed by atoms with van der Waals surface area (Å²) in [5.41, 5.74) is 3.08. The molecule has 0 atom stereocenters. The Morgan fingerprint density at radius 1 is 0.964 bits per heavy atom. The van der Waals surface area contributed by atoms with E-state index in [1.54, 1.807) is 12.1 Å². The summed E-state index contributed by atoms with van der Waals surface area (Å²) in [5, 5.41) is 8.93. The molecule has 0 bridgehead atoms. The molecule has 1 amide bonds. The standard InChI is InChI=1S/C24H21N3O/c25-16-22-13-12-19(17-26-22)23(28)27-15-7-14-24(18-27,20-8-3-1-4-9-20)21-10-5-2-6-11-21/h1-6,8-13,17H,7,14-15,18H2. The highest BCUT2D eigenvalue weighted by Crippen LogP contribution is 2.40. The lowest BCUT2D eigenvalue weighted by Gasteiger charge is -2.44. The summed E-state index contributed by atoms with van der Waals surface area (Å²) in [5.74, 6) is -0.0343. The second-order valence-corrected chi connectivity index (χ2v) is 7.19. The Balaban J connectivity index is 1.70. The van der Waals surface area contributed by atoms with E-state index in [2.05, 4.69) is 53.5 Å². The van der Waals surface area contributed by atoms with Crippen LogP contribution in [-0.4, -0.2) is 28.9 Å². The van der Waals surface area contributed by atoms with Crippen molar-refractivity contribution in [2.45, 2.75) is 18.3 Å². The van der Waals surface area contributed by atoms with Gasteiger partial charge in [-0.25, -0.2) is 4.98 Å². The lowest BCUT2D eigenvalue weighted by Crippen LogP contribution is -2.49. The van der Waals surface area contributed by atoms with Crippen molar-refractivity contribution in [3.63, 3.8) is 0 Å². The van der Waals surface area contributed by atoms with E-state index in [0.29, 0.717) is 17.8 Å².